The fourth-order valence-electron chi connectivity index (χ4n) is 3.51. The highest BCUT2D eigenvalue weighted by molar-refractivity contribution is 4.92. The van der Waals surface area contributed by atoms with Gasteiger partial charge in [-0.05, 0) is 38.6 Å². The number of rotatable bonds is 2. The van der Waals surface area contributed by atoms with Crippen LogP contribution in [0, 0.1) is 5.92 Å². The Labute approximate surface area is 106 Å². The van der Waals surface area contributed by atoms with E-state index in [0.29, 0.717) is 12.1 Å². The van der Waals surface area contributed by atoms with Crippen LogP contribution in [-0.4, -0.2) is 54.6 Å². The molecular formula is C14H29N3. The molecule has 4 unspecified atom stereocenters. The third-order valence-corrected chi connectivity index (χ3v) is 4.88. The lowest BCUT2D eigenvalue weighted by molar-refractivity contribution is 0.0336. The predicted octanol–water partition coefficient (Wildman–Crippen LogP) is 1.53. The van der Waals surface area contributed by atoms with Gasteiger partial charge < -0.3 is 10.6 Å². The van der Waals surface area contributed by atoms with E-state index in [1.165, 1.54) is 45.3 Å². The summed E-state index contributed by atoms with van der Waals surface area (Å²) >= 11 is 0. The third kappa shape index (κ3) is 3.01. The molecule has 1 heterocycles. The van der Waals surface area contributed by atoms with Gasteiger partial charge in [-0.3, -0.25) is 4.90 Å². The average Bonchev–Trinajstić information content (AvgIpc) is 2.33. The van der Waals surface area contributed by atoms with E-state index in [2.05, 4.69) is 30.7 Å². The average molecular weight is 239 g/mol. The molecule has 2 fully saturated rings. The Morgan fingerprint density at radius 2 is 2.00 bits per heavy atom. The molecule has 2 N–H and O–H groups in total. The van der Waals surface area contributed by atoms with E-state index in [1.54, 1.807) is 0 Å². The molecule has 0 spiro atoms. The van der Waals surface area contributed by atoms with Crippen molar-refractivity contribution in [2.24, 2.45) is 11.7 Å². The van der Waals surface area contributed by atoms with E-state index in [4.69, 9.17) is 5.73 Å². The van der Waals surface area contributed by atoms with Gasteiger partial charge in [0.1, 0.15) is 0 Å². The lowest BCUT2D eigenvalue weighted by atomic mass is 9.82. The van der Waals surface area contributed by atoms with Gasteiger partial charge in [-0.15, -0.1) is 0 Å². The van der Waals surface area contributed by atoms with Crippen molar-refractivity contribution in [1.29, 1.82) is 0 Å². The first-order chi connectivity index (χ1) is 8.11. The highest BCUT2D eigenvalue weighted by atomic mass is 15.3. The second-order valence-corrected chi connectivity index (χ2v) is 6.19. The predicted molar refractivity (Wildman–Crippen MR) is 73.1 cm³/mol. The Morgan fingerprint density at radius 1 is 1.24 bits per heavy atom. The van der Waals surface area contributed by atoms with Crippen LogP contribution in [0.1, 0.15) is 39.5 Å². The topological polar surface area (TPSA) is 32.5 Å². The summed E-state index contributed by atoms with van der Waals surface area (Å²) in [5, 5.41) is 0. The fourth-order valence-corrected chi connectivity index (χ4v) is 3.51. The maximum Gasteiger partial charge on any atom is 0.0250 e. The van der Waals surface area contributed by atoms with Crippen LogP contribution >= 0.6 is 0 Å². The number of nitrogens with two attached hydrogens (primary N) is 1. The molecule has 4 atom stereocenters. The second-order valence-electron chi connectivity index (χ2n) is 6.19. The highest BCUT2D eigenvalue weighted by Crippen LogP contribution is 2.28. The third-order valence-electron chi connectivity index (χ3n) is 4.88. The van der Waals surface area contributed by atoms with E-state index in [0.717, 1.165) is 12.0 Å². The van der Waals surface area contributed by atoms with Crippen LogP contribution in [0.2, 0.25) is 0 Å². The van der Waals surface area contributed by atoms with Crippen LogP contribution < -0.4 is 5.73 Å². The minimum absolute atomic E-state index is 0.409. The van der Waals surface area contributed by atoms with Crippen molar-refractivity contribution >= 4 is 0 Å². The summed E-state index contributed by atoms with van der Waals surface area (Å²) in [6.07, 6.45) is 5.10. The molecule has 2 aliphatic rings. The molecule has 0 aromatic carbocycles. The summed E-state index contributed by atoms with van der Waals surface area (Å²) in [7, 11) is 2.26. The fraction of sp³-hybridized carbons (Fsp3) is 1.00. The Balaban J connectivity index is 1.96. The van der Waals surface area contributed by atoms with Crippen molar-refractivity contribution in [3.63, 3.8) is 0 Å². The number of nitrogens with zero attached hydrogens (tertiary/aromatic N) is 2. The van der Waals surface area contributed by atoms with Gasteiger partial charge in [0, 0.05) is 37.8 Å². The number of likely N-dealkylation sites (N-methyl/N-ethyl adjacent to an activating group) is 1. The number of hydrogen-bond donors (Lipinski definition) is 1. The molecule has 17 heavy (non-hydrogen) atoms. The largest absolute Gasteiger partial charge is 0.326 e. The molecule has 1 aliphatic carbocycles. The van der Waals surface area contributed by atoms with Gasteiger partial charge in [0.25, 0.3) is 0 Å². The Hall–Kier alpha value is -0.120. The molecule has 3 heteroatoms. The van der Waals surface area contributed by atoms with Crippen LogP contribution in [0.3, 0.4) is 0 Å². The number of piperazine rings is 1. The molecule has 3 nitrogen and oxygen atoms in total. The van der Waals surface area contributed by atoms with Crippen LogP contribution in [0.5, 0.6) is 0 Å². The van der Waals surface area contributed by atoms with E-state index < -0.39 is 0 Å². The van der Waals surface area contributed by atoms with Crippen LogP contribution in [-0.2, 0) is 0 Å². The summed E-state index contributed by atoms with van der Waals surface area (Å²) in [6, 6.07) is 1.78. The molecule has 0 radical (unpaired) electrons. The minimum Gasteiger partial charge on any atom is -0.326 e. The normalized spacial score (nSPS) is 41.6. The smallest absolute Gasteiger partial charge is 0.0250 e. The summed E-state index contributed by atoms with van der Waals surface area (Å²) < 4.78 is 0. The van der Waals surface area contributed by atoms with E-state index in [9.17, 15) is 0 Å². The van der Waals surface area contributed by atoms with Crippen molar-refractivity contribution in [1.82, 2.24) is 9.80 Å². The molecule has 100 valence electrons. The van der Waals surface area contributed by atoms with Crippen molar-refractivity contribution in [2.75, 3.05) is 26.7 Å². The maximum absolute atomic E-state index is 6.34. The van der Waals surface area contributed by atoms with E-state index in [-0.39, 0.29) is 0 Å². The van der Waals surface area contributed by atoms with Crippen LogP contribution in [0.25, 0.3) is 0 Å². The van der Waals surface area contributed by atoms with Crippen molar-refractivity contribution in [3.05, 3.63) is 0 Å². The summed E-state index contributed by atoms with van der Waals surface area (Å²) in [5.74, 6) is 0.861. The molecule has 0 aromatic rings. The molecular weight excluding hydrogens is 210 g/mol. The summed E-state index contributed by atoms with van der Waals surface area (Å²) in [4.78, 5) is 5.18. The van der Waals surface area contributed by atoms with Crippen LogP contribution in [0.15, 0.2) is 0 Å². The van der Waals surface area contributed by atoms with Gasteiger partial charge in [-0.1, -0.05) is 13.8 Å². The van der Waals surface area contributed by atoms with Gasteiger partial charge >= 0.3 is 0 Å². The zero-order valence-electron chi connectivity index (χ0n) is 11.7. The molecule has 1 aliphatic heterocycles. The number of hydrogen-bond acceptors (Lipinski definition) is 3. The van der Waals surface area contributed by atoms with Gasteiger partial charge in [0.2, 0.25) is 0 Å². The highest BCUT2D eigenvalue weighted by Gasteiger charge is 2.34. The zero-order valence-corrected chi connectivity index (χ0v) is 11.7. The first kappa shape index (κ1) is 13.3. The van der Waals surface area contributed by atoms with Gasteiger partial charge in [-0.25, -0.2) is 0 Å². The minimum atomic E-state index is 0.409. The molecule has 0 bridgehead atoms. The van der Waals surface area contributed by atoms with Crippen molar-refractivity contribution < 1.29 is 0 Å². The first-order valence-corrected chi connectivity index (χ1v) is 7.31. The molecule has 1 saturated heterocycles. The Bertz CT molecular complexity index is 244. The monoisotopic (exact) mass is 239 g/mol. The standard InChI is InChI=1S/C14H29N3/c1-4-12-10-17(8-7-16(12)3)14-9-11(2)5-6-13(14)15/h11-14H,4-10,15H2,1-3H3. The molecule has 0 aromatic heterocycles. The Kier molecular flexibility index (Phi) is 4.45. The van der Waals surface area contributed by atoms with E-state index in [1.807, 2.05) is 0 Å². The van der Waals surface area contributed by atoms with Gasteiger partial charge in [0.05, 0.1) is 0 Å². The van der Waals surface area contributed by atoms with Gasteiger partial charge in [0.15, 0.2) is 0 Å². The van der Waals surface area contributed by atoms with E-state index >= 15 is 0 Å². The lowest BCUT2D eigenvalue weighted by Crippen LogP contribution is -2.59. The maximum atomic E-state index is 6.34. The molecule has 2 rings (SSSR count). The van der Waals surface area contributed by atoms with Gasteiger partial charge in [-0.2, -0.15) is 0 Å². The first-order valence-electron chi connectivity index (χ1n) is 7.31. The summed E-state index contributed by atoms with van der Waals surface area (Å²) in [5.41, 5.74) is 6.34. The molecule has 1 saturated carbocycles. The lowest BCUT2D eigenvalue weighted by Gasteiger charge is -2.47. The molecule has 0 amide bonds. The summed E-state index contributed by atoms with van der Waals surface area (Å²) in [6.45, 7) is 8.31. The van der Waals surface area contributed by atoms with Crippen LogP contribution in [0.4, 0.5) is 0 Å². The SMILES string of the molecule is CCC1CN(C2CC(C)CCC2N)CCN1C. The quantitative estimate of drug-likeness (QED) is 0.793. The van der Waals surface area contributed by atoms with Crippen molar-refractivity contribution in [3.8, 4) is 0 Å². The Morgan fingerprint density at radius 3 is 2.71 bits per heavy atom. The second kappa shape index (κ2) is 5.68. The zero-order chi connectivity index (χ0) is 12.4. The van der Waals surface area contributed by atoms with Crippen molar-refractivity contribution in [2.45, 2.75) is 57.7 Å².